The summed E-state index contributed by atoms with van der Waals surface area (Å²) in [4.78, 5) is 11.4. The standard InChI is InChI=1S/C17H19NO4S/c1-4-13-5-10-16(22-3)17(11-13)23(20,21)18-15-8-6-14(7-9-15)12(2)19/h5-11,18H,4H2,1-3H3. The van der Waals surface area contributed by atoms with Gasteiger partial charge in [0.25, 0.3) is 10.0 Å². The average molecular weight is 333 g/mol. The number of hydrogen-bond donors (Lipinski definition) is 1. The van der Waals surface area contributed by atoms with Crippen molar-refractivity contribution < 1.29 is 17.9 Å². The second kappa shape index (κ2) is 6.83. The van der Waals surface area contributed by atoms with Gasteiger partial charge >= 0.3 is 0 Å². The zero-order valence-corrected chi connectivity index (χ0v) is 14.1. The van der Waals surface area contributed by atoms with Gasteiger partial charge in [0.1, 0.15) is 10.6 Å². The molecule has 0 spiro atoms. The van der Waals surface area contributed by atoms with Crippen LogP contribution in [0.4, 0.5) is 5.69 Å². The van der Waals surface area contributed by atoms with Crippen LogP contribution in [0.1, 0.15) is 29.8 Å². The number of ether oxygens (including phenoxy) is 1. The van der Waals surface area contributed by atoms with Gasteiger partial charge in [-0.3, -0.25) is 9.52 Å². The topological polar surface area (TPSA) is 72.5 Å². The molecule has 2 aromatic rings. The minimum absolute atomic E-state index is 0.0725. The van der Waals surface area contributed by atoms with Crippen LogP contribution in [0.3, 0.4) is 0 Å². The van der Waals surface area contributed by atoms with E-state index in [9.17, 15) is 13.2 Å². The van der Waals surface area contributed by atoms with E-state index >= 15 is 0 Å². The first-order valence-corrected chi connectivity index (χ1v) is 8.66. The summed E-state index contributed by atoms with van der Waals surface area (Å²) < 4.78 is 32.9. The summed E-state index contributed by atoms with van der Waals surface area (Å²) in [5.74, 6) is 0.215. The molecule has 0 atom stereocenters. The lowest BCUT2D eigenvalue weighted by Gasteiger charge is -2.13. The minimum atomic E-state index is -3.78. The molecule has 0 heterocycles. The molecular formula is C17H19NO4S. The quantitative estimate of drug-likeness (QED) is 0.824. The molecule has 0 saturated carbocycles. The van der Waals surface area contributed by atoms with Crippen molar-refractivity contribution in [2.24, 2.45) is 0 Å². The van der Waals surface area contributed by atoms with Gasteiger partial charge in [0.05, 0.1) is 7.11 Å². The molecule has 0 amide bonds. The molecule has 0 fully saturated rings. The Hall–Kier alpha value is -2.34. The zero-order chi connectivity index (χ0) is 17.0. The van der Waals surface area contributed by atoms with Crippen LogP contribution in [0, 0.1) is 0 Å². The normalized spacial score (nSPS) is 11.1. The number of ketones is 1. The lowest BCUT2D eigenvalue weighted by Crippen LogP contribution is -2.14. The number of Topliss-reactive ketones (excluding diaryl/α,β-unsaturated/α-hetero) is 1. The van der Waals surface area contributed by atoms with Gasteiger partial charge in [0.2, 0.25) is 0 Å². The number of carbonyl (C=O) groups is 1. The molecule has 6 heteroatoms. The third-order valence-electron chi connectivity index (χ3n) is 3.47. The van der Waals surface area contributed by atoms with E-state index in [0.717, 1.165) is 12.0 Å². The molecule has 5 nitrogen and oxygen atoms in total. The maximum Gasteiger partial charge on any atom is 0.265 e. The Labute approximate surface area is 136 Å². The third-order valence-corrected chi connectivity index (χ3v) is 4.87. The molecule has 0 aliphatic rings. The van der Waals surface area contributed by atoms with E-state index in [-0.39, 0.29) is 16.4 Å². The average Bonchev–Trinajstić information content (AvgIpc) is 2.54. The number of carbonyl (C=O) groups excluding carboxylic acids is 1. The van der Waals surface area contributed by atoms with Crippen molar-refractivity contribution in [1.29, 1.82) is 0 Å². The molecule has 2 rings (SSSR count). The van der Waals surface area contributed by atoms with E-state index < -0.39 is 10.0 Å². The van der Waals surface area contributed by atoms with E-state index in [1.165, 1.54) is 14.0 Å². The highest BCUT2D eigenvalue weighted by Crippen LogP contribution is 2.27. The van der Waals surface area contributed by atoms with E-state index in [2.05, 4.69) is 4.72 Å². The van der Waals surface area contributed by atoms with Crippen molar-refractivity contribution in [3.8, 4) is 5.75 Å². The molecule has 23 heavy (non-hydrogen) atoms. The highest BCUT2D eigenvalue weighted by Gasteiger charge is 2.20. The van der Waals surface area contributed by atoms with Crippen molar-refractivity contribution in [2.75, 3.05) is 11.8 Å². The van der Waals surface area contributed by atoms with Crippen molar-refractivity contribution in [3.05, 3.63) is 53.6 Å². The lowest BCUT2D eigenvalue weighted by molar-refractivity contribution is 0.101. The van der Waals surface area contributed by atoms with Crippen LogP contribution < -0.4 is 9.46 Å². The summed E-state index contributed by atoms with van der Waals surface area (Å²) in [5.41, 5.74) is 1.82. The molecule has 1 N–H and O–H groups in total. The summed E-state index contributed by atoms with van der Waals surface area (Å²) in [6.07, 6.45) is 0.722. The van der Waals surface area contributed by atoms with Crippen LogP contribution in [0.5, 0.6) is 5.75 Å². The van der Waals surface area contributed by atoms with Gasteiger partial charge in [-0.2, -0.15) is 0 Å². The second-order valence-corrected chi connectivity index (χ2v) is 6.73. The van der Waals surface area contributed by atoms with Crippen molar-refractivity contribution >= 4 is 21.5 Å². The maximum absolute atomic E-state index is 12.6. The van der Waals surface area contributed by atoms with Crippen LogP contribution in [0.15, 0.2) is 47.4 Å². The fourth-order valence-electron chi connectivity index (χ4n) is 2.13. The molecular weight excluding hydrogens is 314 g/mol. The van der Waals surface area contributed by atoms with Gasteiger partial charge in [-0.1, -0.05) is 13.0 Å². The molecule has 0 saturated heterocycles. The highest BCUT2D eigenvalue weighted by atomic mass is 32.2. The number of rotatable bonds is 6. The number of methoxy groups -OCH3 is 1. The summed E-state index contributed by atoms with van der Waals surface area (Å²) in [6, 6.07) is 11.4. The van der Waals surface area contributed by atoms with Crippen LogP contribution in [-0.2, 0) is 16.4 Å². The first-order valence-electron chi connectivity index (χ1n) is 7.18. The molecule has 0 unspecified atom stereocenters. The number of aryl methyl sites for hydroxylation is 1. The number of benzene rings is 2. The van der Waals surface area contributed by atoms with Crippen LogP contribution in [0.25, 0.3) is 0 Å². The summed E-state index contributed by atoms with van der Waals surface area (Å²) in [7, 11) is -2.35. The Morgan fingerprint density at radius 3 is 2.30 bits per heavy atom. The van der Waals surface area contributed by atoms with E-state index in [0.29, 0.717) is 11.3 Å². The Balaban J connectivity index is 2.36. The fraction of sp³-hybridized carbons (Fsp3) is 0.235. The van der Waals surface area contributed by atoms with Crippen LogP contribution >= 0.6 is 0 Å². The van der Waals surface area contributed by atoms with Gasteiger partial charge < -0.3 is 4.74 Å². The van der Waals surface area contributed by atoms with E-state index in [4.69, 9.17) is 4.74 Å². The van der Waals surface area contributed by atoms with Gasteiger partial charge in [-0.05, 0) is 55.3 Å². The fourth-order valence-corrected chi connectivity index (χ4v) is 3.41. The van der Waals surface area contributed by atoms with Crippen molar-refractivity contribution in [2.45, 2.75) is 25.2 Å². The molecule has 0 radical (unpaired) electrons. The first-order chi connectivity index (χ1) is 10.9. The van der Waals surface area contributed by atoms with Crippen LogP contribution in [-0.4, -0.2) is 21.3 Å². The molecule has 2 aromatic carbocycles. The number of sulfonamides is 1. The highest BCUT2D eigenvalue weighted by molar-refractivity contribution is 7.92. The minimum Gasteiger partial charge on any atom is -0.495 e. The lowest BCUT2D eigenvalue weighted by atomic mass is 10.1. The van der Waals surface area contributed by atoms with Gasteiger partial charge in [-0.25, -0.2) is 8.42 Å². The van der Waals surface area contributed by atoms with Gasteiger partial charge in [0.15, 0.2) is 5.78 Å². The second-order valence-electron chi connectivity index (χ2n) is 5.08. The van der Waals surface area contributed by atoms with Crippen molar-refractivity contribution in [3.63, 3.8) is 0 Å². The van der Waals surface area contributed by atoms with Crippen molar-refractivity contribution in [1.82, 2.24) is 0 Å². The Morgan fingerprint density at radius 1 is 1.13 bits per heavy atom. The number of nitrogens with one attached hydrogen (secondary N) is 1. The summed E-state index contributed by atoms with van der Waals surface area (Å²) in [5, 5.41) is 0. The number of hydrogen-bond acceptors (Lipinski definition) is 4. The predicted molar refractivity (Wildman–Crippen MR) is 89.6 cm³/mol. The first kappa shape index (κ1) is 17.0. The van der Waals surface area contributed by atoms with Gasteiger partial charge in [0, 0.05) is 11.3 Å². The summed E-state index contributed by atoms with van der Waals surface area (Å²) >= 11 is 0. The largest absolute Gasteiger partial charge is 0.495 e. The van der Waals surface area contributed by atoms with E-state index in [1.54, 1.807) is 36.4 Å². The monoisotopic (exact) mass is 333 g/mol. The third kappa shape index (κ3) is 3.90. The maximum atomic E-state index is 12.6. The molecule has 0 aliphatic carbocycles. The number of anilines is 1. The molecule has 0 bridgehead atoms. The zero-order valence-electron chi connectivity index (χ0n) is 13.3. The molecule has 0 aromatic heterocycles. The molecule has 122 valence electrons. The Morgan fingerprint density at radius 2 is 1.78 bits per heavy atom. The van der Waals surface area contributed by atoms with E-state index in [1.807, 2.05) is 13.0 Å². The van der Waals surface area contributed by atoms with Gasteiger partial charge in [-0.15, -0.1) is 0 Å². The smallest absolute Gasteiger partial charge is 0.265 e. The predicted octanol–water partition coefficient (Wildman–Crippen LogP) is 3.26. The summed E-state index contributed by atoms with van der Waals surface area (Å²) in [6.45, 7) is 3.41. The molecule has 0 aliphatic heterocycles. The van der Waals surface area contributed by atoms with Crippen LogP contribution in [0.2, 0.25) is 0 Å². The SMILES string of the molecule is CCc1ccc(OC)c(S(=O)(=O)Nc2ccc(C(C)=O)cc2)c1. The Bertz CT molecular complexity index is 811. The Kier molecular flexibility index (Phi) is 5.05.